The van der Waals surface area contributed by atoms with Gasteiger partial charge >= 0.3 is 5.51 Å². The highest BCUT2D eigenvalue weighted by Crippen LogP contribution is 2.41. The summed E-state index contributed by atoms with van der Waals surface area (Å²) < 4.78 is 37.1. The van der Waals surface area contributed by atoms with Crippen LogP contribution in [0.2, 0.25) is 5.02 Å². The van der Waals surface area contributed by atoms with E-state index in [0.717, 1.165) is 5.52 Å². The number of thioether (sulfide) groups is 1. The zero-order chi connectivity index (χ0) is 15.7. The molecule has 9 heteroatoms. The Labute approximate surface area is 132 Å². The number of benzene rings is 1. The summed E-state index contributed by atoms with van der Waals surface area (Å²) in [7, 11) is 0. The summed E-state index contributed by atoms with van der Waals surface area (Å²) in [5.74, 6) is 0.475. The molecule has 0 fully saturated rings. The van der Waals surface area contributed by atoms with Gasteiger partial charge in [0.15, 0.2) is 5.82 Å². The van der Waals surface area contributed by atoms with Crippen LogP contribution in [0.1, 0.15) is 0 Å². The molecule has 0 atom stereocenters. The molecule has 0 spiro atoms. The van der Waals surface area contributed by atoms with Gasteiger partial charge in [-0.15, -0.1) is 0 Å². The van der Waals surface area contributed by atoms with E-state index < -0.39 is 5.51 Å². The maximum Gasteiger partial charge on any atom is 0.446 e. The number of alkyl halides is 3. The summed E-state index contributed by atoms with van der Waals surface area (Å²) in [5, 5.41) is 9.87. The zero-order valence-corrected chi connectivity index (χ0v) is 12.4. The predicted octanol–water partition coefficient (Wildman–Crippen LogP) is 4.97. The number of anilines is 2. The largest absolute Gasteiger partial charge is 0.446 e. The molecule has 22 heavy (non-hydrogen) atoms. The van der Waals surface area contributed by atoms with Gasteiger partial charge < -0.3 is 5.32 Å². The molecular weight excluding hydrogens is 337 g/mol. The smallest absolute Gasteiger partial charge is 0.337 e. The minimum Gasteiger partial charge on any atom is -0.337 e. The van der Waals surface area contributed by atoms with Crippen LogP contribution >= 0.6 is 23.4 Å². The van der Waals surface area contributed by atoms with Gasteiger partial charge in [-0.1, -0.05) is 11.6 Å². The Morgan fingerprint density at radius 3 is 2.77 bits per heavy atom. The average Bonchev–Trinajstić information content (AvgIpc) is 2.84. The van der Waals surface area contributed by atoms with Gasteiger partial charge in [0.05, 0.1) is 10.5 Å². The molecule has 3 aromatic rings. The summed E-state index contributed by atoms with van der Waals surface area (Å²) >= 11 is 5.64. The number of hydrogen-bond donors (Lipinski definition) is 2. The molecule has 4 nitrogen and oxygen atoms in total. The van der Waals surface area contributed by atoms with E-state index in [1.54, 1.807) is 12.3 Å². The van der Waals surface area contributed by atoms with E-state index in [9.17, 15) is 13.2 Å². The number of aromatic nitrogens is 3. The van der Waals surface area contributed by atoms with Gasteiger partial charge in [0.25, 0.3) is 0 Å². The standard InChI is InChI=1S/C13H8ClF3N4S/c14-8-6-7(3-4-10(8)22-13(15,16)17)19-12-11-9(20-21-12)2-1-5-18-11/h1-6H,(H2,19,20,21). The first-order valence-corrected chi connectivity index (χ1v) is 7.23. The van der Waals surface area contributed by atoms with Crippen molar-refractivity contribution in [2.24, 2.45) is 0 Å². The fourth-order valence-electron chi connectivity index (χ4n) is 1.86. The van der Waals surface area contributed by atoms with Crippen molar-refractivity contribution >= 4 is 45.9 Å². The van der Waals surface area contributed by atoms with Crippen molar-refractivity contribution in [3.63, 3.8) is 0 Å². The molecule has 0 aliphatic carbocycles. The number of fused-ring (bicyclic) bond motifs is 1. The Morgan fingerprint density at radius 1 is 1.23 bits per heavy atom. The number of hydrogen-bond acceptors (Lipinski definition) is 4. The fraction of sp³-hybridized carbons (Fsp3) is 0.0769. The first-order chi connectivity index (χ1) is 10.4. The lowest BCUT2D eigenvalue weighted by Gasteiger charge is -2.09. The summed E-state index contributed by atoms with van der Waals surface area (Å²) in [6.07, 6.45) is 1.62. The number of H-pyrrole nitrogens is 1. The highest BCUT2D eigenvalue weighted by Gasteiger charge is 2.30. The third-order valence-electron chi connectivity index (χ3n) is 2.74. The molecule has 2 aromatic heterocycles. The molecule has 0 aliphatic rings. The van der Waals surface area contributed by atoms with Crippen LogP contribution in [0.15, 0.2) is 41.4 Å². The minimum absolute atomic E-state index is 0.0140. The lowest BCUT2D eigenvalue weighted by atomic mass is 10.3. The average molecular weight is 345 g/mol. The second-order valence-corrected chi connectivity index (χ2v) is 5.80. The Morgan fingerprint density at radius 2 is 2.05 bits per heavy atom. The molecule has 0 saturated heterocycles. The molecular formula is C13H8ClF3N4S. The first-order valence-electron chi connectivity index (χ1n) is 6.04. The van der Waals surface area contributed by atoms with Gasteiger partial charge in [-0.2, -0.15) is 18.3 Å². The quantitative estimate of drug-likeness (QED) is 0.659. The molecule has 0 unspecified atom stereocenters. The molecule has 114 valence electrons. The summed E-state index contributed by atoms with van der Waals surface area (Å²) in [6.45, 7) is 0. The molecule has 0 saturated carbocycles. The van der Waals surface area contributed by atoms with E-state index in [1.165, 1.54) is 18.2 Å². The minimum atomic E-state index is -4.37. The van der Waals surface area contributed by atoms with Crippen LogP contribution in [0.4, 0.5) is 24.7 Å². The Bertz CT molecular complexity index is 818. The van der Waals surface area contributed by atoms with Gasteiger partial charge in [0, 0.05) is 16.8 Å². The first kappa shape index (κ1) is 15.0. The number of pyridine rings is 1. The van der Waals surface area contributed by atoms with Crippen LogP contribution in [-0.2, 0) is 0 Å². The SMILES string of the molecule is FC(F)(F)Sc1ccc(Nc2n[nH]c3cccnc23)cc1Cl. The van der Waals surface area contributed by atoms with Crippen LogP contribution in [0, 0.1) is 0 Å². The lowest BCUT2D eigenvalue weighted by Crippen LogP contribution is -1.99. The second kappa shape index (κ2) is 5.69. The van der Waals surface area contributed by atoms with Crippen molar-refractivity contribution in [3.8, 4) is 0 Å². The van der Waals surface area contributed by atoms with Crippen molar-refractivity contribution in [2.75, 3.05) is 5.32 Å². The number of halogens is 4. The third-order valence-corrected chi connectivity index (χ3v) is 3.97. The van der Waals surface area contributed by atoms with Crippen LogP contribution in [0.25, 0.3) is 11.0 Å². The van der Waals surface area contributed by atoms with Crippen molar-refractivity contribution in [1.82, 2.24) is 15.2 Å². The van der Waals surface area contributed by atoms with Crippen LogP contribution in [-0.4, -0.2) is 20.7 Å². The lowest BCUT2D eigenvalue weighted by molar-refractivity contribution is -0.0328. The number of rotatable bonds is 3. The number of nitrogens with one attached hydrogen (secondary N) is 2. The van der Waals surface area contributed by atoms with Gasteiger partial charge in [-0.25, -0.2) is 0 Å². The number of aromatic amines is 1. The second-order valence-electron chi connectivity index (χ2n) is 4.29. The maximum absolute atomic E-state index is 12.4. The summed E-state index contributed by atoms with van der Waals surface area (Å²) in [6, 6.07) is 7.81. The summed E-state index contributed by atoms with van der Waals surface area (Å²) in [5.41, 5.74) is -2.47. The van der Waals surface area contributed by atoms with E-state index in [4.69, 9.17) is 11.6 Å². The third kappa shape index (κ3) is 3.28. The van der Waals surface area contributed by atoms with Crippen molar-refractivity contribution < 1.29 is 13.2 Å². The maximum atomic E-state index is 12.4. The van der Waals surface area contributed by atoms with E-state index in [0.29, 0.717) is 17.0 Å². The molecule has 0 aliphatic heterocycles. The van der Waals surface area contributed by atoms with Crippen molar-refractivity contribution in [3.05, 3.63) is 41.6 Å². The molecule has 0 radical (unpaired) electrons. The van der Waals surface area contributed by atoms with Crippen LogP contribution in [0.5, 0.6) is 0 Å². The Hall–Kier alpha value is -1.93. The topological polar surface area (TPSA) is 53.6 Å². The fourth-order valence-corrected chi connectivity index (χ4v) is 2.70. The van der Waals surface area contributed by atoms with E-state index >= 15 is 0 Å². The highest BCUT2D eigenvalue weighted by atomic mass is 35.5. The van der Waals surface area contributed by atoms with Gasteiger partial charge in [0.2, 0.25) is 0 Å². The van der Waals surface area contributed by atoms with Crippen molar-refractivity contribution in [2.45, 2.75) is 10.4 Å². The van der Waals surface area contributed by atoms with E-state index in [2.05, 4.69) is 20.5 Å². The van der Waals surface area contributed by atoms with Gasteiger partial charge in [-0.05, 0) is 42.1 Å². The van der Waals surface area contributed by atoms with Crippen LogP contribution < -0.4 is 5.32 Å². The monoisotopic (exact) mass is 344 g/mol. The van der Waals surface area contributed by atoms with Gasteiger partial charge in [0.1, 0.15) is 5.52 Å². The molecule has 3 rings (SSSR count). The molecule has 2 N–H and O–H groups in total. The zero-order valence-electron chi connectivity index (χ0n) is 10.8. The molecule has 1 aromatic carbocycles. The summed E-state index contributed by atoms with van der Waals surface area (Å²) in [4.78, 5) is 4.13. The molecule has 2 heterocycles. The Balaban J connectivity index is 1.86. The molecule has 0 bridgehead atoms. The van der Waals surface area contributed by atoms with Gasteiger partial charge in [-0.3, -0.25) is 10.1 Å². The van der Waals surface area contributed by atoms with Crippen LogP contribution in [0.3, 0.4) is 0 Å². The van der Waals surface area contributed by atoms with E-state index in [-0.39, 0.29) is 21.7 Å². The molecule has 0 amide bonds. The Kier molecular flexibility index (Phi) is 3.88. The number of nitrogens with zero attached hydrogens (tertiary/aromatic N) is 2. The highest BCUT2D eigenvalue weighted by molar-refractivity contribution is 8.00. The predicted molar refractivity (Wildman–Crippen MR) is 80.5 cm³/mol. The normalized spacial score (nSPS) is 11.8. The van der Waals surface area contributed by atoms with E-state index in [1.807, 2.05) is 6.07 Å². The van der Waals surface area contributed by atoms with Crippen molar-refractivity contribution in [1.29, 1.82) is 0 Å².